The normalized spacial score (nSPS) is 16.5. The zero-order chi connectivity index (χ0) is 13.8. The molecule has 1 heterocycles. The molecule has 0 aromatic heterocycles. The lowest BCUT2D eigenvalue weighted by molar-refractivity contribution is -0.121. The summed E-state index contributed by atoms with van der Waals surface area (Å²) >= 11 is 0. The maximum absolute atomic E-state index is 13.1. The Bertz CT molecular complexity index is 439. The second kappa shape index (κ2) is 5.97. The molecule has 1 aromatic carbocycles. The monoisotopic (exact) mass is 269 g/mol. The lowest BCUT2D eigenvalue weighted by atomic mass is 10.2. The van der Waals surface area contributed by atoms with Crippen LogP contribution < -0.4 is 10.2 Å². The molecule has 2 rings (SSSR count). The van der Waals surface area contributed by atoms with E-state index < -0.39 is 11.6 Å². The molecule has 0 unspecified atom stereocenters. The summed E-state index contributed by atoms with van der Waals surface area (Å²) in [5.41, 5.74) is 0.553. The molecule has 0 aliphatic carbocycles. The number of likely N-dealkylation sites (N-methyl/N-ethyl adjacent to an activating group) is 1. The largest absolute Gasteiger partial charge is 0.369 e. The molecule has 6 heteroatoms. The van der Waals surface area contributed by atoms with Crippen LogP contribution in [0.2, 0.25) is 0 Å². The van der Waals surface area contributed by atoms with Crippen LogP contribution in [-0.2, 0) is 4.79 Å². The van der Waals surface area contributed by atoms with Crippen LogP contribution in [0.3, 0.4) is 0 Å². The van der Waals surface area contributed by atoms with Crippen molar-refractivity contribution in [1.29, 1.82) is 0 Å². The molecular weight excluding hydrogens is 252 g/mol. The Morgan fingerprint density at radius 3 is 2.26 bits per heavy atom. The number of halogens is 2. The van der Waals surface area contributed by atoms with Crippen LogP contribution in [0.1, 0.15) is 0 Å². The summed E-state index contributed by atoms with van der Waals surface area (Å²) in [6, 6.07) is 3.53. The molecular formula is C13H17F2N3O. The predicted molar refractivity (Wildman–Crippen MR) is 69.1 cm³/mol. The molecule has 4 nitrogen and oxygen atoms in total. The Labute approximate surface area is 111 Å². The van der Waals surface area contributed by atoms with Gasteiger partial charge in [0.1, 0.15) is 11.6 Å². The van der Waals surface area contributed by atoms with Gasteiger partial charge in [-0.1, -0.05) is 0 Å². The van der Waals surface area contributed by atoms with Gasteiger partial charge in [-0.3, -0.25) is 9.69 Å². The number of rotatable bonds is 3. The van der Waals surface area contributed by atoms with Gasteiger partial charge in [0.25, 0.3) is 0 Å². The molecule has 1 amide bonds. The van der Waals surface area contributed by atoms with E-state index in [1.165, 1.54) is 12.1 Å². The number of benzene rings is 1. The van der Waals surface area contributed by atoms with E-state index in [1.54, 1.807) is 7.05 Å². The molecule has 1 aromatic rings. The highest BCUT2D eigenvalue weighted by molar-refractivity contribution is 5.77. The van der Waals surface area contributed by atoms with Crippen LogP contribution in [0, 0.1) is 11.6 Å². The molecule has 1 aliphatic rings. The van der Waals surface area contributed by atoms with Gasteiger partial charge in [-0.25, -0.2) is 8.78 Å². The fourth-order valence-corrected chi connectivity index (χ4v) is 2.17. The Kier molecular flexibility index (Phi) is 4.31. The van der Waals surface area contributed by atoms with Gasteiger partial charge in [0, 0.05) is 45.0 Å². The number of hydrogen-bond donors (Lipinski definition) is 1. The maximum atomic E-state index is 13.1. The summed E-state index contributed by atoms with van der Waals surface area (Å²) in [7, 11) is 1.61. The topological polar surface area (TPSA) is 35.6 Å². The van der Waals surface area contributed by atoms with Crippen LogP contribution in [0.5, 0.6) is 0 Å². The van der Waals surface area contributed by atoms with Gasteiger partial charge in [-0.15, -0.1) is 0 Å². The minimum atomic E-state index is -0.567. The zero-order valence-electron chi connectivity index (χ0n) is 10.8. The van der Waals surface area contributed by atoms with Crippen molar-refractivity contribution in [2.75, 3.05) is 44.7 Å². The number of piperazine rings is 1. The Balaban J connectivity index is 1.94. The minimum Gasteiger partial charge on any atom is -0.369 e. The quantitative estimate of drug-likeness (QED) is 0.883. The van der Waals surface area contributed by atoms with Crippen molar-refractivity contribution in [1.82, 2.24) is 10.2 Å². The molecule has 19 heavy (non-hydrogen) atoms. The van der Waals surface area contributed by atoms with E-state index in [2.05, 4.69) is 5.32 Å². The summed E-state index contributed by atoms with van der Waals surface area (Å²) in [5.74, 6) is -1.16. The lowest BCUT2D eigenvalue weighted by Crippen LogP contribution is -2.49. The van der Waals surface area contributed by atoms with Gasteiger partial charge in [-0.2, -0.15) is 0 Å². The number of hydrogen-bond acceptors (Lipinski definition) is 3. The van der Waals surface area contributed by atoms with Crippen LogP contribution in [0.25, 0.3) is 0 Å². The van der Waals surface area contributed by atoms with E-state index in [4.69, 9.17) is 0 Å². The van der Waals surface area contributed by atoms with E-state index in [0.29, 0.717) is 38.4 Å². The molecule has 0 atom stereocenters. The Morgan fingerprint density at radius 1 is 1.16 bits per heavy atom. The molecule has 0 saturated carbocycles. The predicted octanol–water partition coefficient (Wildman–Crippen LogP) is 0.833. The van der Waals surface area contributed by atoms with E-state index in [0.717, 1.165) is 6.07 Å². The third-order valence-corrected chi connectivity index (χ3v) is 3.23. The van der Waals surface area contributed by atoms with Gasteiger partial charge >= 0.3 is 0 Å². The molecule has 1 saturated heterocycles. The molecule has 1 aliphatic heterocycles. The number of anilines is 1. The van der Waals surface area contributed by atoms with Gasteiger partial charge < -0.3 is 10.2 Å². The highest BCUT2D eigenvalue weighted by Crippen LogP contribution is 2.19. The summed E-state index contributed by atoms with van der Waals surface area (Å²) in [6.07, 6.45) is 0. The summed E-state index contributed by atoms with van der Waals surface area (Å²) in [5, 5.41) is 2.58. The molecule has 0 spiro atoms. The van der Waals surface area contributed by atoms with Crippen molar-refractivity contribution >= 4 is 11.6 Å². The first kappa shape index (κ1) is 13.7. The van der Waals surface area contributed by atoms with Crippen LogP contribution in [-0.4, -0.2) is 50.6 Å². The van der Waals surface area contributed by atoms with Crippen molar-refractivity contribution in [3.8, 4) is 0 Å². The number of nitrogens with one attached hydrogen (secondary N) is 1. The molecule has 1 fully saturated rings. The average molecular weight is 269 g/mol. The fraction of sp³-hybridized carbons (Fsp3) is 0.462. The van der Waals surface area contributed by atoms with Crippen molar-refractivity contribution in [2.45, 2.75) is 0 Å². The number of amides is 1. The maximum Gasteiger partial charge on any atom is 0.233 e. The summed E-state index contributed by atoms with van der Waals surface area (Å²) in [6.45, 7) is 3.07. The van der Waals surface area contributed by atoms with E-state index in [-0.39, 0.29) is 5.91 Å². The van der Waals surface area contributed by atoms with Crippen molar-refractivity contribution in [2.24, 2.45) is 0 Å². The van der Waals surface area contributed by atoms with E-state index in [9.17, 15) is 13.6 Å². The Morgan fingerprint density at radius 2 is 1.74 bits per heavy atom. The summed E-state index contributed by atoms with van der Waals surface area (Å²) < 4.78 is 26.3. The van der Waals surface area contributed by atoms with Crippen molar-refractivity contribution < 1.29 is 13.6 Å². The summed E-state index contributed by atoms with van der Waals surface area (Å²) in [4.78, 5) is 15.2. The molecule has 0 radical (unpaired) electrons. The van der Waals surface area contributed by atoms with Gasteiger partial charge in [0.2, 0.25) is 5.91 Å². The van der Waals surface area contributed by atoms with Gasteiger partial charge in [0.05, 0.1) is 6.54 Å². The Hall–Kier alpha value is -1.69. The highest BCUT2D eigenvalue weighted by atomic mass is 19.1. The highest BCUT2D eigenvalue weighted by Gasteiger charge is 2.19. The SMILES string of the molecule is CNC(=O)CN1CCN(c2cc(F)cc(F)c2)CC1. The first-order valence-electron chi connectivity index (χ1n) is 6.22. The van der Waals surface area contributed by atoms with E-state index in [1.807, 2.05) is 9.80 Å². The van der Waals surface area contributed by atoms with Crippen LogP contribution in [0.4, 0.5) is 14.5 Å². The van der Waals surface area contributed by atoms with Crippen molar-refractivity contribution in [3.05, 3.63) is 29.8 Å². The molecule has 104 valence electrons. The van der Waals surface area contributed by atoms with E-state index >= 15 is 0 Å². The van der Waals surface area contributed by atoms with Crippen LogP contribution >= 0.6 is 0 Å². The van der Waals surface area contributed by atoms with Gasteiger partial charge in [-0.05, 0) is 12.1 Å². The first-order valence-corrected chi connectivity index (χ1v) is 6.22. The number of carbonyl (C=O) groups excluding carboxylic acids is 1. The number of nitrogens with zero attached hydrogens (tertiary/aromatic N) is 2. The number of carbonyl (C=O) groups is 1. The fourth-order valence-electron chi connectivity index (χ4n) is 2.17. The first-order chi connectivity index (χ1) is 9.08. The smallest absolute Gasteiger partial charge is 0.233 e. The zero-order valence-corrected chi connectivity index (χ0v) is 10.8. The minimum absolute atomic E-state index is 0.0229. The lowest BCUT2D eigenvalue weighted by Gasteiger charge is -2.35. The second-order valence-electron chi connectivity index (χ2n) is 4.56. The third-order valence-electron chi connectivity index (χ3n) is 3.23. The van der Waals surface area contributed by atoms with Crippen LogP contribution in [0.15, 0.2) is 18.2 Å². The molecule has 1 N–H and O–H groups in total. The average Bonchev–Trinajstić information content (AvgIpc) is 2.38. The standard InChI is InChI=1S/C13H17F2N3O/c1-16-13(19)9-17-2-4-18(5-3-17)12-7-10(14)6-11(15)8-12/h6-8H,2-5,9H2,1H3,(H,16,19). The van der Waals surface area contributed by atoms with Gasteiger partial charge in [0.15, 0.2) is 0 Å². The van der Waals surface area contributed by atoms with Crippen molar-refractivity contribution in [3.63, 3.8) is 0 Å². The molecule has 0 bridgehead atoms. The second-order valence-corrected chi connectivity index (χ2v) is 4.56. The third kappa shape index (κ3) is 3.64.